The van der Waals surface area contributed by atoms with Crippen molar-refractivity contribution in [3.63, 3.8) is 0 Å². The van der Waals surface area contributed by atoms with Gasteiger partial charge in [-0.1, -0.05) is 13.8 Å². The van der Waals surface area contributed by atoms with Gasteiger partial charge in [-0.25, -0.2) is 9.59 Å². The van der Waals surface area contributed by atoms with Gasteiger partial charge >= 0.3 is 12.0 Å². The first-order valence-electron chi connectivity index (χ1n) is 6.58. The van der Waals surface area contributed by atoms with Gasteiger partial charge in [0.25, 0.3) is 0 Å². The Morgan fingerprint density at radius 3 is 2.50 bits per heavy atom. The van der Waals surface area contributed by atoms with Crippen molar-refractivity contribution in [1.82, 2.24) is 5.32 Å². The molecule has 0 spiro atoms. The van der Waals surface area contributed by atoms with Crippen LogP contribution in [0.5, 0.6) is 0 Å². The fraction of sp³-hybridized carbons (Fsp3) is 0.571. The lowest BCUT2D eigenvalue weighted by molar-refractivity contribution is 0.0523. The maximum atomic E-state index is 12.1. The second-order valence-electron chi connectivity index (χ2n) is 5.38. The minimum Gasteiger partial charge on any atom is -0.462 e. The van der Waals surface area contributed by atoms with Gasteiger partial charge in [-0.3, -0.25) is 0 Å². The summed E-state index contributed by atoms with van der Waals surface area (Å²) in [5, 5.41) is 2.67. The molecule has 20 heavy (non-hydrogen) atoms. The number of carbonyl (C=O) groups excluding carboxylic acids is 2. The first-order valence-corrected chi connectivity index (χ1v) is 7.39. The molecule has 0 saturated heterocycles. The largest absolute Gasteiger partial charge is 0.462 e. The molecule has 3 N–H and O–H groups in total. The molecule has 1 heterocycles. The van der Waals surface area contributed by atoms with Crippen LogP contribution in [-0.2, 0) is 10.3 Å². The maximum Gasteiger partial charge on any atom is 0.339 e. The number of rotatable bonds is 5. The minimum absolute atomic E-state index is 0.298. The zero-order chi connectivity index (χ0) is 15.5. The van der Waals surface area contributed by atoms with E-state index in [2.05, 4.69) is 19.2 Å². The van der Waals surface area contributed by atoms with E-state index in [1.54, 1.807) is 6.92 Å². The highest BCUT2D eigenvalue weighted by Gasteiger charge is 2.31. The Balaban J connectivity index is 3.28. The van der Waals surface area contributed by atoms with Gasteiger partial charge in [0.05, 0.1) is 17.7 Å². The van der Waals surface area contributed by atoms with E-state index in [0.29, 0.717) is 18.1 Å². The molecule has 0 saturated carbocycles. The van der Waals surface area contributed by atoms with E-state index in [-0.39, 0.29) is 5.97 Å². The second kappa shape index (κ2) is 6.26. The van der Waals surface area contributed by atoms with Crippen molar-refractivity contribution in [2.24, 2.45) is 5.73 Å². The quantitative estimate of drug-likeness (QED) is 0.820. The molecule has 0 fully saturated rings. The van der Waals surface area contributed by atoms with Crippen LogP contribution in [0.25, 0.3) is 0 Å². The maximum absolute atomic E-state index is 12.1. The summed E-state index contributed by atoms with van der Waals surface area (Å²) in [5.74, 6) is -0.0729. The van der Waals surface area contributed by atoms with Gasteiger partial charge in [0.15, 0.2) is 0 Å². The van der Waals surface area contributed by atoms with Crippen molar-refractivity contribution < 1.29 is 14.3 Å². The standard InChI is InChI=1S/C14H22N2O3S/c1-6-19-12(17)9-7-10(8(2)3)20-11(9)14(4,5)16-13(15)18/h7-8H,6H2,1-5H3,(H3,15,16,18). The second-order valence-corrected chi connectivity index (χ2v) is 6.46. The summed E-state index contributed by atoms with van der Waals surface area (Å²) in [6, 6.07) is 1.22. The van der Waals surface area contributed by atoms with Gasteiger partial charge in [0, 0.05) is 9.75 Å². The Labute approximate surface area is 123 Å². The van der Waals surface area contributed by atoms with Gasteiger partial charge in [0.2, 0.25) is 0 Å². The van der Waals surface area contributed by atoms with Gasteiger partial charge in [-0.15, -0.1) is 11.3 Å². The van der Waals surface area contributed by atoms with E-state index in [4.69, 9.17) is 10.5 Å². The molecule has 0 aliphatic heterocycles. The minimum atomic E-state index is -0.717. The van der Waals surface area contributed by atoms with Crippen molar-refractivity contribution in [3.8, 4) is 0 Å². The number of hydrogen-bond donors (Lipinski definition) is 2. The number of carbonyl (C=O) groups is 2. The van der Waals surface area contributed by atoms with Crippen molar-refractivity contribution in [3.05, 3.63) is 21.4 Å². The lowest BCUT2D eigenvalue weighted by atomic mass is 9.99. The van der Waals surface area contributed by atoms with Gasteiger partial charge in [-0.2, -0.15) is 0 Å². The average Bonchev–Trinajstić information content (AvgIpc) is 2.73. The van der Waals surface area contributed by atoms with Crippen LogP contribution >= 0.6 is 11.3 Å². The number of urea groups is 1. The topological polar surface area (TPSA) is 81.4 Å². The highest BCUT2D eigenvalue weighted by molar-refractivity contribution is 7.12. The summed E-state index contributed by atoms with van der Waals surface area (Å²) in [4.78, 5) is 25.0. The number of nitrogens with two attached hydrogens (primary N) is 1. The molecular formula is C14H22N2O3S. The summed E-state index contributed by atoms with van der Waals surface area (Å²) in [6.07, 6.45) is 0. The molecule has 1 rings (SSSR count). The smallest absolute Gasteiger partial charge is 0.339 e. The molecule has 1 aromatic heterocycles. The predicted molar refractivity (Wildman–Crippen MR) is 80.1 cm³/mol. The van der Waals surface area contributed by atoms with Gasteiger partial charge < -0.3 is 15.8 Å². The summed E-state index contributed by atoms with van der Waals surface area (Å²) < 4.78 is 5.09. The molecule has 112 valence electrons. The number of ether oxygens (including phenoxy) is 1. The Morgan fingerprint density at radius 1 is 1.45 bits per heavy atom. The molecule has 0 aromatic carbocycles. The van der Waals surface area contributed by atoms with Crippen LogP contribution in [0.15, 0.2) is 6.07 Å². The molecular weight excluding hydrogens is 276 g/mol. The van der Waals surface area contributed by atoms with Crippen LogP contribution < -0.4 is 11.1 Å². The number of thiophene rings is 1. The molecule has 0 radical (unpaired) electrons. The number of amides is 2. The number of primary amides is 1. The van der Waals surface area contributed by atoms with E-state index < -0.39 is 11.6 Å². The normalized spacial score (nSPS) is 11.5. The van der Waals surface area contributed by atoms with E-state index in [9.17, 15) is 9.59 Å². The molecule has 0 unspecified atom stereocenters. The fourth-order valence-electron chi connectivity index (χ4n) is 1.88. The summed E-state index contributed by atoms with van der Waals surface area (Å²) in [6.45, 7) is 9.82. The van der Waals surface area contributed by atoms with E-state index in [0.717, 1.165) is 9.75 Å². The Kier molecular flexibility index (Phi) is 5.16. The fourth-order valence-corrected chi connectivity index (χ4v) is 3.09. The molecule has 0 aliphatic carbocycles. The van der Waals surface area contributed by atoms with Crippen molar-refractivity contribution >= 4 is 23.3 Å². The Hall–Kier alpha value is -1.56. The third-order valence-electron chi connectivity index (χ3n) is 2.82. The van der Waals surface area contributed by atoms with Crippen molar-refractivity contribution in [2.45, 2.75) is 46.1 Å². The number of hydrogen-bond acceptors (Lipinski definition) is 4. The van der Waals surface area contributed by atoms with Crippen LogP contribution in [0.2, 0.25) is 0 Å². The third kappa shape index (κ3) is 3.72. The van der Waals surface area contributed by atoms with E-state index >= 15 is 0 Å². The summed E-state index contributed by atoms with van der Waals surface area (Å²) >= 11 is 1.50. The van der Waals surface area contributed by atoms with Gasteiger partial charge in [0.1, 0.15) is 0 Å². The average molecular weight is 298 g/mol. The molecule has 6 heteroatoms. The van der Waals surface area contributed by atoms with Crippen LogP contribution in [0.3, 0.4) is 0 Å². The van der Waals surface area contributed by atoms with Crippen LogP contribution in [0.4, 0.5) is 4.79 Å². The van der Waals surface area contributed by atoms with Crippen molar-refractivity contribution in [1.29, 1.82) is 0 Å². The van der Waals surface area contributed by atoms with Crippen LogP contribution in [0, 0.1) is 0 Å². The first kappa shape index (κ1) is 16.5. The highest BCUT2D eigenvalue weighted by atomic mass is 32.1. The van der Waals surface area contributed by atoms with Gasteiger partial charge in [-0.05, 0) is 32.8 Å². The molecule has 5 nitrogen and oxygen atoms in total. The van der Waals surface area contributed by atoms with E-state index in [1.165, 1.54) is 11.3 Å². The summed E-state index contributed by atoms with van der Waals surface area (Å²) in [5.41, 5.74) is 4.99. The number of nitrogens with one attached hydrogen (secondary N) is 1. The SMILES string of the molecule is CCOC(=O)c1cc(C(C)C)sc1C(C)(C)NC(N)=O. The lowest BCUT2D eigenvalue weighted by Crippen LogP contribution is -2.44. The predicted octanol–water partition coefficient (Wildman–Crippen LogP) is 2.95. The molecule has 0 atom stereocenters. The third-order valence-corrected chi connectivity index (χ3v) is 4.58. The molecule has 0 bridgehead atoms. The molecule has 0 aliphatic rings. The van der Waals surface area contributed by atoms with Crippen LogP contribution in [0.1, 0.15) is 60.6 Å². The van der Waals surface area contributed by atoms with Crippen LogP contribution in [-0.4, -0.2) is 18.6 Å². The zero-order valence-electron chi connectivity index (χ0n) is 12.6. The number of esters is 1. The lowest BCUT2D eigenvalue weighted by Gasteiger charge is -2.25. The molecule has 2 amide bonds. The summed E-state index contributed by atoms with van der Waals surface area (Å²) in [7, 11) is 0. The Bertz CT molecular complexity index is 507. The first-order chi connectivity index (χ1) is 9.19. The van der Waals surface area contributed by atoms with Crippen molar-refractivity contribution in [2.75, 3.05) is 6.61 Å². The highest BCUT2D eigenvalue weighted by Crippen LogP contribution is 2.36. The zero-order valence-corrected chi connectivity index (χ0v) is 13.4. The molecule has 1 aromatic rings. The monoisotopic (exact) mass is 298 g/mol. The van der Waals surface area contributed by atoms with E-state index in [1.807, 2.05) is 19.9 Å². The Morgan fingerprint density at radius 2 is 2.05 bits per heavy atom.